The zero-order valence-electron chi connectivity index (χ0n) is 10.9. The summed E-state index contributed by atoms with van der Waals surface area (Å²) in [5.41, 5.74) is 0. The fraction of sp³-hybridized carbons (Fsp3) is 0.818. The highest BCUT2D eigenvalue weighted by Gasteiger charge is 2.36. The monoisotopic (exact) mass is 293 g/mol. The number of carbonyl (C=O) groups is 2. The van der Waals surface area contributed by atoms with Crippen molar-refractivity contribution in [3.05, 3.63) is 0 Å². The molecule has 19 heavy (non-hydrogen) atoms. The summed E-state index contributed by atoms with van der Waals surface area (Å²) >= 11 is 0. The van der Waals surface area contributed by atoms with Crippen LogP contribution in [-0.2, 0) is 24.3 Å². The van der Waals surface area contributed by atoms with Crippen molar-refractivity contribution in [1.29, 1.82) is 0 Å². The molecule has 0 unspecified atom stereocenters. The Bertz CT molecular complexity index is 432. The first-order valence-corrected chi connectivity index (χ1v) is 7.78. The molecule has 0 aliphatic carbocycles. The summed E-state index contributed by atoms with van der Waals surface area (Å²) in [5.74, 6) is -1.81. The molecule has 0 aromatic heterocycles. The van der Waals surface area contributed by atoms with Crippen LogP contribution < -0.4 is 0 Å². The van der Waals surface area contributed by atoms with Gasteiger partial charge in [-0.15, -0.1) is 0 Å². The molecule has 110 valence electrons. The predicted octanol–water partition coefficient (Wildman–Crippen LogP) is 0.208. The van der Waals surface area contributed by atoms with Crippen LogP contribution in [0.2, 0.25) is 0 Å². The van der Waals surface area contributed by atoms with Crippen molar-refractivity contribution < 1.29 is 27.9 Å². The molecule has 0 saturated carbocycles. The molecule has 1 rings (SSSR count). The molecule has 1 atom stereocenters. The van der Waals surface area contributed by atoms with E-state index >= 15 is 0 Å². The highest BCUT2D eigenvalue weighted by atomic mass is 32.2. The number of rotatable bonds is 6. The van der Waals surface area contributed by atoms with Crippen LogP contribution in [-0.4, -0.2) is 55.2 Å². The Morgan fingerprint density at radius 2 is 2.05 bits per heavy atom. The van der Waals surface area contributed by atoms with Crippen LogP contribution in [0, 0.1) is 0 Å². The number of sulfonamides is 1. The van der Waals surface area contributed by atoms with E-state index in [0.29, 0.717) is 19.3 Å². The minimum Gasteiger partial charge on any atom is -0.480 e. The van der Waals surface area contributed by atoms with Crippen LogP contribution in [0.1, 0.15) is 32.1 Å². The van der Waals surface area contributed by atoms with Crippen molar-refractivity contribution in [2.75, 3.05) is 19.4 Å². The standard InChI is InChI=1S/C11H19NO6S/c1-18-10(13)6-4-8-19(16,17)12-7-3-2-5-9(12)11(14)15/h9H,2-8H2,1H3,(H,14,15)/t9-/m0/s1. The topological polar surface area (TPSA) is 101 Å². The quantitative estimate of drug-likeness (QED) is 0.702. The number of carboxylic acids is 1. The van der Waals surface area contributed by atoms with Crippen LogP contribution in [0.4, 0.5) is 0 Å². The van der Waals surface area contributed by atoms with Crippen molar-refractivity contribution in [3.8, 4) is 0 Å². The Labute approximate surface area is 112 Å². The van der Waals surface area contributed by atoms with Gasteiger partial charge in [-0.25, -0.2) is 8.42 Å². The van der Waals surface area contributed by atoms with E-state index in [0.717, 1.165) is 4.31 Å². The Balaban J connectivity index is 2.64. The predicted molar refractivity (Wildman–Crippen MR) is 67.0 cm³/mol. The lowest BCUT2D eigenvalue weighted by Crippen LogP contribution is -2.48. The van der Waals surface area contributed by atoms with Gasteiger partial charge < -0.3 is 9.84 Å². The minimum atomic E-state index is -3.64. The third-order valence-corrected chi connectivity index (χ3v) is 5.06. The van der Waals surface area contributed by atoms with E-state index in [1.807, 2.05) is 0 Å². The zero-order valence-corrected chi connectivity index (χ0v) is 11.7. The first-order valence-electron chi connectivity index (χ1n) is 6.17. The summed E-state index contributed by atoms with van der Waals surface area (Å²) in [4.78, 5) is 22.0. The Hall–Kier alpha value is -1.15. The molecule has 0 radical (unpaired) electrons. The Kier molecular flexibility index (Phi) is 5.74. The highest BCUT2D eigenvalue weighted by Crippen LogP contribution is 2.21. The van der Waals surface area contributed by atoms with Gasteiger partial charge in [-0.05, 0) is 25.7 Å². The maximum atomic E-state index is 12.1. The number of hydrogen-bond acceptors (Lipinski definition) is 5. The van der Waals surface area contributed by atoms with Crippen molar-refractivity contribution in [2.24, 2.45) is 0 Å². The molecule has 0 spiro atoms. The third-order valence-electron chi connectivity index (χ3n) is 3.11. The molecule has 1 heterocycles. The van der Waals surface area contributed by atoms with E-state index < -0.39 is 28.0 Å². The van der Waals surface area contributed by atoms with E-state index in [1.54, 1.807) is 0 Å². The second kappa shape index (κ2) is 6.85. The zero-order chi connectivity index (χ0) is 14.5. The number of carboxylic acid groups (broad SMARTS) is 1. The number of piperidine rings is 1. The van der Waals surface area contributed by atoms with E-state index in [4.69, 9.17) is 5.11 Å². The molecule has 0 aromatic carbocycles. The number of methoxy groups -OCH3 is 1. The number of nitrogens with zero attached hydrogens (tertiary/aromatic N) is 1. The van der Waals surface area contributed by atoms with E-state index in [9.17, 15) is 18.0 Å². The molecule has 0 amide bonds. The van der Waals surface area contributed by atoms with Crippen molar-refractivity contribution >= 4 is 22.0 Å². The van der Waals surface area contributed by atoms with E-state index in [-0.39, 0.29) is 25.1 Å². The lowest BCUT2D eigenvalue weighted by molar-refractivity contribution is -0.142. The highest BCUT2D eigenvalue weighted by molar-refractivity contribution is 7.89. The molecule has 1 fully saturated rings. The van der Waals surface area contributed by atoms with Crippen LogP contribution >= 0.6 is 0 Å². The van der Waals surface area contributed by atoms with E-state index in [2.05, 4.69) is 4.74 Å². The van der Waals surface area contributed by atoms with Gasteiger partial charge in [0.1, 0.15) is 6.04 Å². The maximum Gasteiger partial charge on any atom is 0.322 e. The Morgan fingerprint density at radius 1 is 1.37 bits per heavy atom. The second-order valence-electron chi connectivity index (χ2n) is 4.46. The summed E-state index contributed by atoms with van der Waals surface area (Å²) in [5, 5.41) is 9.04. The van der Waals surface area contributed by atoms with Crippen molar-refractivity contribution in [2.45, 2.75) is 38.1 Å². The van der Waals surface area contributed by atoms with Gasteiger partial charge in [0.15, 0.2) is 0 Å². The molecule has 7 nitrogen and oxygen atoms in total. The van der Waals surface area contributed by atoms with Gasteiger partial charge in [-0.2, -0.15) is 4.31 Å². The van der Waals surface area contributed by atoms with Crippen LogP contribution in [0.3, 0.4) is 0 Å². The van der Waals surface area contributed by atoms with Crippen molar-refractivity contribution in [1.82, 2.24) is 4.31 Å². The van der Waals surface area contributed by atoms with Crippen molar-refractivity contribution in [3.63, 3.8) is 0 Å². The largest absolute Gasteiger partial charge is 0.480 e. The summed E-state index contributed by atoms with van der Waals surface area (Å²) in [6, 6.07) is -0.975. The van der Waals surface area contributed by atoms with Gasteiger partial charge in [0.25, 0.3) is 0 Å². The maximum absolute atomic E-state index is 12.1. The normalized spacial score (nSPS) is 21.0. The fourth-order valence-corrected chi connectivity index (χ4v) is 3.84. The number of hydrogen-bond donors (Lipinski definition) is 1. The number of esters is 1. The smallest absolute Gasteiger partial charge is 0.322 e. The molecule has 1 aliphatic heterocycles. The summed E-state index contributed by atoms with van der Waals surface area (Å²) in [6.07, 6.45) is 1.87. The minimum absolute atomic E-state index is 0.0152. The average Bonchev–Trinajstić information content (AvgIpc) is 2.38. The average molecular weight is 293 g/mol. The third kappa shape index (κ3) is 4.46. The summed E-state index contributed by atoms with van der Waals surface area (Å²) < 4.78 is 29.6. The van der Waals surface area contributed by atoms with Crippen LogP contribution in [0.15, 0.2) is 0 Å². The van der Waals surface area contributed by atoms with Crippen LogP contribution in [0.25, 0.3) is 0 Å². The fourth-order valence-electron chi connectivity index (χ4n) is 2.10. The molecular formula is C11H19NO6S. The molecule has 1 saturated heterocycles. The van der Waals surface area contributed by atoms with Gasteiger partial charge in [-0.3, -0.25) is 9.59 Å². The lowest BCUT2D eigenvalue weighted by atomic mass is 10.1. The summed E-state index contributed by atoms with van der Waals surface area (Å²) in [6.45, 7) is 0.234. The summed E-state index contributed by atoms with van der Waals surface area (Å²) in [7, 11) is -2.40. The van der Waals surface area contributed by atoms with Gasteiger partial charge in [0, 0.05) is 13.0 Å². The first-order chi connectivity index (χ1) is 8.88. The molecular weight excluding hydrogens is 274 g/mol. The lowest BCUT2D eigenvalue weighted by Gasteiger charge is -2.31. The number of carbonyl (C=O) groups excluding carboxylic acids is 1. The molecule has 0 bridgehead atoms. The molecule has 1 aliphatic rings. The van der Waals surface area contributed by atoms with Crippen LogP contribution in [0.5, 0.6) is 0 Å². The Morgan fingerprint density at radius 3 is 2.63 bits per heavy atom. The molecule has 8 heteroatoms. The number of ether oxygens (including phenoxy) is 1. The van der Waals surface area contributed by atoms with E-state index in [1.165, 1.54) is 7.11 Å². The van der Waals surface area contributed by atoms with Gasteiger partial charge in [0.05, 0.1) is 12.9 Å². The molecule has 0 aromatic rings. The van der Waals surface area contributed by atoms with Gasteiger partial charge in [0.2, 0.25) is 10.0 Å². The first kappa shape index (κ1) is 15.9. The second-order valence-corrected chi connectivity index (χ2v) is 6.50. The number of aliphatic carboxylic acids is 1. The van der Waals surface area contributed by atoms with Gasteiger partial charge >= 0.3 is 11.9 Å². The molecule has 1 N–H and O–H groups in total. The SMILES string of the molecule is COC(=O)CCCS(=O)(=O)N1CCCC[C@H]1C(=O)O. The van der Waals surface area contributed by atoms with Gasteiger partial charge in [-0.1, -0.05) is 0 Å².